The quantitative estimate of drug-likeness (QED) is 0.187. The summed E-state index contributed by atoms with van der Waals surface area (Å²) in [6, 6.07) is 28.2. The van der Waals surface area contributed by atoms with Crippen LogP contribution in [0.15, 0.2) is 95.4 Å². The molecule has 1 aromatic heterocycles. The molecule has 0 atom stereocenters. The topological polar surface area (TPSA) is 53.7 Å². The van der Waals surface area contributed by atoms with E-state index in [1.54, 1.807) is 13.8 Å². The summed E-state index contributed by atoms with van der Waals surface area (Å²) >= 11 is 0. The van der Waals surface area contributed by atoms with Crippen molar-refractivity contribution >= 4 is 16.7 Å². The van der Waals surface area contributed by atoms with Crippen molar-refractivity contribution in [3.05, 3.63) is 130 Å². The Morgan fingerprint density at radius 2 is 1.47 bits per heavy atom. The molecule has 43 heavy (non-hydrogen) atoms. The minimum atomic E-state index is -4.54. The molecule has 0 radical (unpaired) electrons. The third-order valence-corrected chi connectivity index (χ3v) is 8.10. The minimum absolute atomic E-state index is 0.200. The first-order valence-electron chi connectivity index (χ1n) is 14.1. The summed E-state index contributed by atoms with van der Waals surface area (Å²) in [5, 5.41) is 11.9. The van der Waals surface area contributed by atoms with Gasteiger partial charge < -0.3 is 9.52 Å². The summed E-state index contributed by atoms with van der Waals surface area (Å²) in [4.78, 5) is 13.9. The number of rotatable bonds is 9. The molecule has 0 bridgehead atoms. The van der Waals surface area contributed by atoms with E-state index in [-0.39, 0.29) is 12.3 Å². The Balaban J connectivity index is 1.45. The Labute approximate surface area is 249 Å². The smallest absolute Gasteiger partial charge is 0.449 e. The van der Waals surface area contributed by atoms with Gasteiger partial charge in [-0.25, -0.2) is 0 Å². The van der Waals surface area contributed by atoms with E-state index in [1.807, 2.05) is 60.7 Å². The van der Waals surface area contributed by atoms with Crippen LogP contribution in [-0.2, 0) is 36.0 Å². The normalized spacial score (nSPS) is 12.3. The van der Waals surface area contributed by atoms with Gasteiger partial charge in [-0.15, -0.1) is 0 Å². The molecule has 0 aliphatic rings. The van der Waals surface area contributed by atoms with Gasteiger partial charge in [-0.05, 0) is 89.5 Å². The highest BCUT2D eigenvalue weighted by molar-refractivity contribution is 5.89. The minimum Gasteiger partial charge on any atom is -0.481 e. The van der Waals surface area contributed by atoms with Crippen molar-refractivity contribution in [1.29, 1.82) is 0 Å². The van der Waals surface area contributed by atoms with Gasteiger partial charge in [-0.1, -0.05) is 78.9 Å². The Morgan fingerprint density at radius 1 is 0.767 bits per heavy atom. The van der Waals surface area contributed by atoms with Crippen molar-refractivity contribution in [2.24, 2.45) is 0 Å². The monoisotopic (exact) mass is 585 g/mol. The molecule has 7 heteroatoms. The Bertz CT molecular complexity index is 1770. The first-order chi connectivity index (χ1) is 20.3. The van der Waals surface area contributed by atoms with Crippen LogP contribution in [0.5, 0.6) is 0 Å². The first kappa shape index (κ1) is 30.1. The van der Waals surface area contributed by atoms with E-state index < -0.39 is 23.3 Å². The summed E-state index contributed by atoms with van der Waals surface area (Å²) in [5.74, 6) is -1.65. The van der Waals surface area contributed by atoms with E-state index in [0.717, 1.165) is 44.7 Å². The van der Waals surface area contributed by atoms with Crippen molar-refractivity contribution in [2.75, 3.05) is 0 Å². The number of halogens is 3. The van der Waals surface area contributed by atoms with E-state index in [9.17, 15) is 23.1 Å². The summed E-state index contributed by atoms with van der Waals surface area (Å²) in [7, 11) is 0. The average molecular weight is 586 g/mol. The van der Waals surface area contributed by atoms with Crippen LogP contribution in [0, 0.1) is 13.8 Å². The summed E-state index contributed by atoms with van der Waals surface area (Å²) < 4.78 is 45.0. The summed E-state index contributed by atoms with van der Waals surface area (Å²) in [5.41, 5.74) is 5.96. The SMILES string of the molecule is Cc1cc(C)c2ccccc2c1CN(Cc1ccc(-c2cccc(C(C)(C)C(=O)O)c2)cc1)Cc1ccc(C(F)(F)F)o1. The molecule has 222 valence electrons. The molecule has 0 fully saturated rings. The molecule has 0 amide bonds. The number of hydrogen-bond donors (Lipinski definition) is 1. The molecule has 0 unspecified atom stereocenters. The zero-order valence-electron chi connectivity index (χ0n) is 24.6. The molecule has 4 nitrogen and oxygen atoms in total. The van der Waals surface area contributed by atoms with Gasteiger partial charge in [-0.2, -0.15) is 13.2 Å². The van der Waals surface area contributed by atoms with Crippen molar-refractivity contribution in [3.8, 4) is 11.1 Å². The number of nitrogens with zero attached hydrogens (tertiary/aromatic N) is 1. The first-order valence-corrected chi connectivity index (χ1v) is 14.1. The van der Waals surface area contributed by atoms with E-state index in [4.69, 9.17) is 4.42 Å². The highest BCUT2D eigenvalue weighted by atomic mass is 19.4. The van der Waals surface area contributed by atoms with E-state index in [0.29, 0.717) is 18.7 Å². The number of carbonyl (C=O) groups is 1. The van der Waals surface area contributed by atoms with Gasteiger partial charge in [-0.3, -0.25) is 9.69 Å². The van der Waals surface area contributed by atoms with Crippen LogP contribution in [0.3, 0.4) is 0 Å². The number of alkyl halides is 3. The van der Waals surface area contributed by atoms with Gasteiger partial charge in [0.15, 0.2) is 0 Å². The van der Waals surface area contributed by atoms with Crippen LogP contribution in [-0.4, -0.2) is 16.0 Å². The maximum absolute atomic E-state index is 13.3. The molecule has 1 heterocycles. The van der Waals surface area contributed by atoms with Crippen LogP contribution < -0.4 is 0 Å². The maximum Gasteiger partial charge on any atom is 0.449 e. The molecule has 0 saturated carbocycles. The highest BCUT2D eigenvalue weighted by Crippen LogP contribution is 2.33. The zero-order valence-corrected chi connectivity index (χ0v) is 24.6. The number of aliphatic carboxylic acids is 1. The van der Waals surface area contributed by atoms with Crippen molar-refractivity contribution in [2.45, 2.75) is 58.9 Å². The Hall–Kier alpha value is -4.36. The van der Waals surface area contributed by atoms with E-state index in [1.165, 1.54) is 11.6 Å². The Kier molecular flexibility index (Phi) is 8.21. The standard InChI is InChI=1S/C36H34F3NO3/c1-23-18-24(2)32(31-11-6-5-10-30(23)31)22-40(21-29-16-17-33(43-29)36(37,38)39)20-25-12-14-26(15-13-25)27-8-7-9-28(19-27)35(3,4)34(41)42/h5-19H,20-22H2,1-4H3,(H,41,42). The number of hydrogen-bond acceptors (Lipinski definition) is 3. The molecular weight excluding hydrogens is 551 g/mol. The molecule has 5 rings (SSSR count). The average Bonchev–Trinajstić information content (AvgIpc) is 3.45. The van der Waals surface area contributed by atoms with Crippen LogP contribution in [0.4, 0.5) is 13.2 Å². The van der Waals surface area contributed by atoms with Gasteiger partial charge in [0.2, 0.25) is 5.76 Å². The number of carboxylic acid groups (broad SMARTS) is 1. The van der Waals surface area contributed by atoms with Gasteiger partial charge in [0.1, 0.15) is 5.76 Å². The lowest BCUT2D eigenvalue weighted by Crippen LogP contribution is -2.28. The largest absolute Gasteiger partial charge is 0.481 e. The van der Waals surface area contributed by atoms with Crippen LogP contribution in [0.2, 0.25) is 0 Å². The van der Waals surface area contributed by atoms with Crippen molar-refractivity contribution in [1.82, 2.24) is 4.90 Å². The molecule has 0 spiro atoms. The molecule has 5 aromatic rings. The van der Waals surface area contributed by atoms with Crippen molar-refractivity contribution < 1.29 is 27.5 Å². The number of benzene rings is 4. The predicted molar refractivity (Wildman–Crippen MR) is 163 cm³/mol. The van der Waals surface area contributed by atoms with Crippen LogP contribution >= 0.6 is 0 Å². The third kappa shape index (κ3) is 6.52. The lowest BCUT2D eigenvalue weighted by Gasteiger charge is -2.24. The molecule has 0 saturated heterocycles. The van der Waals surface area contributed by atoms with E-state index >= 15 is 0 Å². The highest BCUT2D eigenvalue weighted by Gasteiger charge is 2.35. The second kappa shape index (κ2) is 11.7. The van der Waals surface area contributed by atoms with Gasteiger partial charge in [0.05, 0.1) is 12.0 Å². The fraction of sp³-hybridized carbons (Fsp3) is 0.250. The van der Waals surface area contributed by atoms with Crippen LogP contribution in [0.25, 0.3) is 21.9 Å². The molecule has 0 aliphatic carbocycles. The van der Waals surface area contributed by atoms with Crippen LogP contribution in [0.1, 0.15) is 53.2 Å². The Morgan fingerprint density at radius 3 is 2.12 bits per heavy atom. The fourth-order valence-corrected chi connectivity index (χ4v) is 5.50. The van der Waals surface area contributed by atoms with Gasteiger partial charge in [0.25, 0.3) is 0 Å². The zero-order chi connectivity index (χ0) is 30.9. The third-order valence-electron chi connectivity index (χ3n) is 8.10. The summed E-state index contributed by atoms with van der Waals surface area (Å²) in [6.45, 7) is 8.71. The number of furan rings is 1. The molecule has 0 aliphatic heterocycles. The number of carboxylic acids is 1. The van der Waals surface area contributed by atoms with Gasteiger partial charge >= 0.3 is 12.1 Å². The van der Waals surface area contributed by atoms with Gasteiger partial charge in [0, 0.05) is 13.1 Å². The predicted octanol–water partition coefficient (Wildman–Crippen LogP) is 9.30. The summed E-state index contributed by atoms with van der Waals surface area (Å²) in [6.07, 6.45) is -4.54. The molecule has 4 aromatic carbocycles. The van der Waals surface area contributed by atoms with E-state index in [2.05, 4.69) is 36.9 Å². The second-order valence-electron chi connectivity index (χ2n) is 11.7. The second-order valence-corrected chi connectivity index (χ2v) is 11.7. The lowest BCUT2D eigenvalue weighted by atomic mass is 9.83. The lowest BCUT2D eigenvalue weighted by molar-refractivity contribution is -0.153. The molecule has 1 N–H and O–H groups in total. The number of aryl methyl sites for hydroxylation is 2. The van der Waals surface area contributed by atoms with Crippen molar-refractivity contribution in [3.63, 3.8) is 0 Å². The maximum atomic E-state index is 13.3. The fourth-order valence-electron chi connectivity index (χ4n) is 5.50. The number of fused-ring (bicyclic) bond motifs is 1. The molecular formula is C36H34F3NO3.